The monoisotopic (exact) mass is 406 g/mol. The summed E-state index contributed by atoms with van der Waals surface area (Å²) in [5.41, 5.74) is 5.60. The minimum absolute atomic E-state index is 0.277. The van der Waals surface area contributed by atoms with Gasteiger partial charge in [-0.05, 0) is 42.8 Å². The fraction of sp³-hybridized carbons (Fsp3) is 0.0556. The van der Waals surface area contributed by atoms with Gasteiger partial charge in [-0.1, -0.05) is 53.0 Å². The largest absolute Gasteiger partial charge is 0.289 e. The highest BCUT2D eigenvalue weighted by atomic mass is 35.5. The van der Waals surface area contributed by atoms with Gasteiger partial charge in [0.25, 0.3) is 5.91 Å². The number of H-pyrrole nitrogens is 1. The number of halogens is 3. The third-order valence-corrected chi connectivity index (χ3v) is 4.62. The molecular formula is C18H13Cl3N4O. The maximum absolute atomic E-state index is 12.2. The van der Waals surface area contributed by atoms with Crippen LogP contribution in [0.15, 0.2) is 53.6 Å². The fourth-order valence-electron chi connectivity index (χ4n) is 2.19. The van der Waals surface area contributed by atoms with Crippen molar-refractivity contribution in [3.63, 3.8) is 0 Å². The molecule has 1 aromatic heterocycles. The molecule has 1 amide bonds. The third-order valence-electron chi connectivity index (χ3n) is 3.63. The third kappa shape index (κ3) is 4.25. The van der Waals surface area contributed by atoms with Crippen molar-refractivity contribution in [2.24, 2.45) is 5.10 Å². The molecule has 0 spiro atoms. The van der Waals surface area contributed by atoms with Crippen molar-refractivity contribution in [3.05, 3.63) is 74.9 Å². The van der Waals surface area contributed by atoms with Crippen LogP contribution in [0.2, 0.25) is 15.1 Å². The molecule has 0 aliphatic carbocycles. The summed E-state index contributed by atoms with van der Waals surface area (Å²) in [6.07, 6.45) is 0. The Hall–Kier alpha value is -2.34. The van der Waals surface area contributed by atoms with Gasteiger partial charge in [-0.2, -0.15) is 10.2 Å². The van der Waals surface area contributed by atoms with Gasteiger partial charge in [-0.3, -0.25) is 9.89 Å². The standard InChI is InChI=1S/C18H13Cl3N4O/c1-10(11-2-5-13(19)6-3-11)22-25-18(26)17-9-16(23-24-17)12-4-7-14(20)15(21)8-12/h2-9H,1H3,(H,23,24)(H,25,26)/b22-10+. The van der Waals surface area contributed by atoms with Crippen LogP contribution < -0.4 is 5.43 Å². The molecule has 5 nitrogen and oxygen atoms in total. The van der Waals surface area contributed by atoms with E-state index in [0.717, 1.165) is 11.1 Å². The molecule has 0 atom stereocenters. The Labute approximate surface area is 165 Å². The molecule has 0 saturated heterocycles. The Morgan fingerprint density at radius 3 is 2.46 bits per heavy atom. The van der Waals surface area contributed by atoms with Crippen molar-refractivity contribution >= 4 is 46.4 Å². The van der Waals surface area contributed by atoms with E-state index in [1.54, 1.807) is 43.3 Å². The number of hydrazone groups is 1. The van der Waals surface area contributed by atoms with Crippen LogP contribution in [-0.4, -0.2) is 21.8 Å². The summed E-state index contributed by atoms with van der Waals surface area (Å²) in [5.74, 6) is -0.405. The highest BCUT2D eigenvalue weighted by Gasteiger charge is 2.12. The van der Waals surface area contributed by atoms with Gasteiger partial charge in [0.15, 0.2) is 0 Å². The second-order valence-corrected chi connectivity index (χ2v) is 6.69. The maximum Gasteiger partial charge on any atom is 0.289 e. The second-order valence-electron chi connectivity index (χ2n) is 5.44. The lowest BCUT2D eigenvalue weighted by atomic mass is 10.1. The van der Waals surface area contributed by atoms with Gasteiger partial charge < -0.3 is 0 Å². The fourth-order valence-corrected chi connectivity index (χ4v) is 2.62. The number of aromatic nitrogens is 2. The van der Waals surface area contributed by atoms with Crippen LogP contribution in [0.3, 0.4) is 0 Å². The van der Waals surface area contributed by atoms with Crippen LogP contribution in [0, 0.1) is 0 Å². The first-order valence-electron chi connectivity index (χ1n) is 7.55. The van der Waals surface area contributed by atoms with Crippen LogP contribution in [0.1, 0.15) is 23.0 Å². The van der Waals surface area contributed by atoms with Crippen LogP contribution in [0.4, 0.5) is 0 Å². The number of carbonyl (C=O) groups excluding carboxylic acids is 1. The quantitative estimate of drug-likeness (QED) is 0.461. The molecule has 1 heterocycles. The van der Waals surface area contributed by atoms with Crippen molar-refractivity contribution in [1.82, 2.24) is 15.6 Å². The van der Waals surface area contributed by atoms with Gasteiger partial charge in [-0.25, -0.2) is 5.43 Å². The molecule has 0 aliphatic rings. The molecule has 132 valence electrons. The van der Waals surface area contributed by atoms with Gasteiger partial charge in [0.2, 0.25) is 0 Å². The lowest BCUT2D eigenvalue weighted by Gasteiger charge is -2.02. The molecule has 2 N–H and O–H groups in total. The summed E-state index contributed by atoms with van der Waals surface area (Å²) in [4.78, 5) is 12.2. The molecule has 0 radical (unpaired) electrons. The first-order valence-corrected chi connectivity index (χ1v) is 8.69. The van der Waals surface area contributed by atoms with Gasteiger partial charge in [0, 0.05) is 10.6 Å². The molecule has 8 heteroatoms. The summed E-state index contributed by atoms with van der Waals surface area (Å²) in [7, 11) is 0. The Kier molecular flexibility index (Phi) is 5.61. The van der Waals surface area contributed by atoms with Crippen molar-refractivity contribution < 1.29 is 4.79 Å². The molecule has 2 aromatic carbocycles. The summed E-state index contributed by atoms with van der Waals surface area (Å²) >= 11 is 17.8. The van der Waals surface area contributed by atoms with E-state index < -0.39 is 5.91 Å². The number of amides is 1. The van der Waals surface area contributed by atoms with E-state index in [2.05, 4.69) is 20.7 Å². The molecule has 26 heavy (non-hydrogen) atoms. The molecule has 3 rings (SSSR count). The maximum atomic E-state index is 12.2. The normalized spacial score (nSPS) is 11.5. The van der Waals surface area contributed by atoms with Gasteiger partial charge in [0.1, 0.15) is 5.69 Å². The average molecular weight is 408 g/mol. The van der Waals surface area contributed by atoms with Gasteiger partial charge in [0.05, 0.1) is 21.5 Å². The molecule has 0 unspecified atom stereocenters. The predicted molar refractivity (Wildman–Crippen MR) is 105 cm³/mol. The predicted octanol–water partition coefficient (Wildman–Crippen LogP) is 5.19. The lowest BCUT2D eigenvalue weighted by molar-refractivity contribution is 0.0950. The zero-order chi connectivity index (χ0) is 18.7. The minimum atomic E-state index is -0.405. The van der Waals surface area contributed by atoms with E-state index in [1.165, 1.54) is 0 Å². The van der Waals surface area contributed by atoms with Crippen molar-refractivity contribution in [1.29, 1.82) is 0 Å². The van der Waals surface area contributed by atoms with Crippen LogP contribution >= 0.6 is 34.8 Å². The van der Waals surface area contributed by atoms with Crippen molar-refractivity contribution in [2.75, 3.05) is 0 Å². The SMILES string of the molecule is C/C(=N\NC(=O)c1cc(-c2ccc(Cl)c(Cl)c2)n[nH]1)c1ccc(Cl)cc1. The van der Waals surface area contributed by atoms with Gasteiger partial charge in [-0.15, -0.1) is 0 Å². The van der Waals surface area contributed by atoms with Crippen LogP contribution in [0.5, 0.6) is 0 Å². The Bertz CT molecular complexity index is 980. The summed E-state index contributed by atoms with van der Waals surface area (Å²) in [6.45, 7) is 1.79. The molecule has 0 fully saturated rings. The zero-order valence-corrected chi connectivity index (χ0v) is 15.8. The second kappa shape index (κ2) is 7.91. The van der Waals surface area contributed by atoms with E-state index in [-0.39, 0.29) is 5.69 Å². The highest BCUT2D eigenvalue weighted by Crippen LogP contribution is 2.27. The summed E-state index contributed by atoms with van der Waals surface area (Å²) < 4.78 is 0. The molecule has 3 aromatic rings. The summed E-state index contributed by atoms with van der Waals surface area (Å²) in [6, 6.07) is 13.9. The van der Waals surface area contributed by atoms with E-state index in [9.17, 15) is 4.79 Å². The number of carbonyl (C=O) groups is 1. The molecule has 0 aliphatic heterocycles. The van der Waals surface area contributed by atoms with E-state index in [1.807, 2.05) is 12.1 Å². The molecule has 0 bridgehead atoms. The average Bonchev–Trinajstić information content (AvgIpc) is 3.12. The number of hydrogen-bond acceptors (Lipinski definition) is 3. The van der Waals surface area contributed by atoms with Crippen LogP contribution in [0.25, 0.3) is 11.3 Å². The number of nitrogens with zero attached hydrogens (tertiary/aromatic N) is 2. The number of aromatic amines is 1. The minimum Gasteiger partial charge on any atom is -0.272 e. The smallest absolute Gasteiger partial charge is 0.272 e. The van der Waals surface area contributed by atoms with Crippen molar-refractivity contribution in [3.8, 4) is 11.3 Å². The Balaban J connectivity index is 1.72. The van der Waals surface area contributed by atoms with Crippen LogP contribution in [-0.2, 0) is 0 Å². The highest BCUT2D eigenvalue weighted by molar-refractivity contribution is 6.42. The zero-order valence-electron chi connectivity index (χ0n) is 13.6. The number of hydrogen-bond donors (Lipinski definition) is 2. The lowest BCUT2D eigenvalue weighted by Crippen LogP contribution is -2.19. The Morgan fingerprint density at radius 2 is 1.77 bits per heavy atom. The van der Waals surface area contributed by atoms with E-state index in [4.69, 9.17) is 34.8 Å². The number of nitrogens with one attached hydrogen (secondary N) is 2. The first-order chi connectivity index (χ1) is 12.4. The summed E-state index contributed by atoms with van der Waals surface area (Å²) in [5, 5.41) is 12.4. The topological polar surface area (TPSA) is 70.1 Å². The Morgan fingerprint density at radius 1 is 1.04 bits per heavy atom. The number of rotatable bonds is 4. The van der Waals surface area contributed by atoms with Crippen molar-refractivity contribution in [2.45, 2.75) is 6.92 Å². The molecular weight excluding hydrogens is 395 g/mol. The number of benzene rings is 2. The van der Waals surface area contributed by atoms with E-state index in [0.29, 0.717) is 26.5 Å². The van der Waals surface area contributed by atoms with Gasteiger partial charge >= 0.3 is 0 Å². The van der Waals surface area contributed by atoms with E-state index >= 15 is 0 Å². The first kappa shape index (κ1) is 18.5. The molecule has 0 saturated carbocycles.